The average Bonchev–Trinajstić information content (AvgIpc) is 3.07. The largest absolute Gasteiger partial charge is 0.334 e. The number of aryl methyl sites for hydroxylation is 1. The minimum atomic E-state index is -0.296. The number of nitrogens with zero attached hydrogens (tertiary/aromatic N) is 3. The van der Waals surface area contributed by atoms with E-state index in [-0.39, 0.29) is 23.1 Å². The van der Waals surface area contributed by atoms with Gasteiger partial charge in [0.15, 0.2) is 0 Å². The highest BCUT2D eigenvalue weighted by Gasteiger charge is 2.28. The summed E-state index contributed by atoms with van der Waals surface area (Å²) in [5, 5.41) is 3.28. The predicted molar refractivity (Wildman–Crippen MR) is 88.8 cm³/mol. The molecule has 6 heteroatoms. The van der Waals surface area contributed by atoms with Gasteiger partial charge >= 0.3 is 0 Å². The predicted octanol–water partition coefficient (Wildman–Crippen LogP) is 1.22. The normalized spacial score (nSPS) is 17.6. The molecule has 0 saturated carbocycles. The molecule has 1 atom stereocenters. The van der Waals surface area contributed by atoms with Gasteiger partial charge in [-0.3, -0.25) is 14.0 Å². The zero-order valence-electron chi connectivity index (χ0n) is 13.6. The molecule has 1 unspecified atom stereocenters. The van der Waals surface area contributed by atoms with E-state index in [2.05, 4.69) is 10.3 Å². The smallest absolute Gasteiger partial charge is 0.270 e. The van der Waals surface area contributed by atoms with E-state index in [1.54, 1.807) is 12.3 Å². The summed E-state index contributed by atoms with van der Waals surface area (Å²) in [6, 6.07) is 3.84. The van der Waals surface area contributed by atoms with Crippen LogP contribution in [-0.4, -0.2) is 45.9 Å². The Kier molecular flexibility index (Phi) is 4.43. The lowest BCUT2D eigenvalue weighted by atomic mass is 10.1. The van der Waals surface area contributed by atoms with Gasteiger partial charge in [-0.2, -0.15) is 0 Å². The van der Waals surface area contributed by atoms with Crippen LogP contribution in [0.25, 0.3) is 5.65 Å². The second-order valence-electron chi connectivity index (χ2n) is 6.06. The zero-order valence-corrected chi connectivity index (χ0v) is 13.6. The zero-order chi connectivity index (χ0) is 16.4. The standard InChI is InChI=1S/C17H22N4O2/c1-3-8-20(13-6-7-18-9-13)16(22)14-10-19-15-5-4-12(2)11-21(15)17(14)23/h4-5,10-11,13,18H,3,6-9H2,1-2H3. The Hall–Kier alpha value is -2.21. The monoisotopic (exact) mass is 314 g/mol. The van der Waals surface area contributed by atoms with Crippen molar-refractivity contribution in [3.05, 3.63) is 46.0 Å². The molecule has 2 aromatic heterocycles. The Balaban J connectivity index is 2.01. The molecule has 0 aromatic carbocycles. The summed E-state index contributed by atoms with van der Waals surface area (Å²) in [7, 11) is 0. The minimum Gasteiger partial charge on any atom is -0.334 e. The van der Waals surface area contributed by atoms with Gasteiger partial charge in [0.25, 0.3) is 11.5 Å². The fourth-order valence-electron chi connectivity index (χ4n) is 3.08. The molecule has 122 valence electrons. The Morgan fingerprint density at radius 3 is 3.00 bits per heavy atom. The SMILES string of the molecule is CCCN(C(=O)c1cnc2ccc(C)cn2c1=O)C1CCNC1. The van der Waals surface area contributed by atoms with E-state index < -0.39 is 0 Å². The summed E-state index contributed by atoms with van der Waals surface area (Å²) >= 11 is 0. The molecule has 0 aliphatic carbocycles. The summed E-state index contributed by atoms with van der Waals surface area (Å²) in [4.78, 5) is 31.7. The first-order valence-electron chi connectivity index (χ1n) is 8.11. The highest BCUT2D eigenvalue weighted by Crippen LogP contribution is 2.13. The fraction of sp³-hybridized carbons (Fsp3) is 0.471. The van der Waals surface area contributed by atoms with Gasteiger partial charge in [-0.05, 0) is 37.9 Å². The van der Waals surface area contributed by atoms with Gasteiger partial charge in [-0.25, -0.2) is 4.98 Å². The quantitative estimate of drug-likeness (QED) is 0.921. The van der Waals surface area contributed by atoms with Gasteiger partial charge < -0.3 is 10.2 Å². The Morgan fingerprint density at radius 2 is 2.30 bits per heavy atom. The van der Waals surface area contributed by atoms with E-state index >= 15 is 0 Å². The maximum absolute atomic E-state index is 12.9. The van der Waals surface area contributed by atoms with Crippen LogP contribution in [0.4, 0.5) is 0 Å². The number of carbonyl (C=O) groups excluding carboxylic acids is 1. The molecule has 1 fully saturated rings. The molecule has 1 N–H and O–H groups in total. The fourth-order valence-corrected chi connectivity index (χ4v) is 3.08. The van der Waals surface area contributed by atoms with Gasteiger partial charge in [0.1, 0.15) is 11.2 Å². The van der Waals surface area contributed by atoms with Crippen molar-refractivity contribution in [3.8, 4) is 0 Å². The van der Waals surface area contributed by atoms with Crippen LogP contribution in [0.5, 0.6) is 0 Å². The number of amides is 1. The van der Waals surface area contributed by atoms with Crippen LogP contribution >= 0.6 is 0 Å². The number of aromatic nitrogens is 2. The molecule has 23 heavy (non-hydrogen) atoms. The lowest BCUT2D eigenvalue weighted by Crippen LogP contribution is -2.44. The molecule has 1 saturated heterocycles. The van der Waals surface area contributed by atoms with Crippen LogP contribution < -0.4 is 10.9 Å². The maximum atomic E-state index is 12.9. The van der Waals surface area contributed by atoms with Crippen molar-refractivity contribution < 1.29 is 4.79 Å². The van der Waals surface area contributed by atoms with Crippen molar-refractivity contribution >= 4 is 11.6 Å². The molecule has 0 spiro atoms. The van der Waals surface area contributed by atoms with Crippen molar-refractivity contribution in [3.63, 3.8) is 0 Å². The number of pyridine rings is 1. The Bertz CT molecular complexity index is 778. The molecule has 1 aliphatic heterocycles. The van der Waals surface area contributed by atoms with Crippen LogP contribution in [0.15, 0.2) is 29.3 Å². The van der Waals surface area contributed by atoms with E-state index in [1.807, 2.05) is 24.8 Å². The first-order valence-corrected chi connectivity index (χ1v) is 8.11. The number of hydrogen-bond donors (Lipinski definition) is 1. The van der Waals surface area contributed by atoms with E-state index in [1.165, 1.54) is 10.6 Å². The number of rotatable bonds is 4. The molecule has 1 aliphatic rings. The van der Waals surface area contributed by atoms with Crippen molar-refractivity contribution in [2.45, 2.75) is 32.7 Å². The van der Waals surface area contributed by atoms with Gasteiger partial charge in [-0.15, -0.1) is 0 Å². The molecule has 3 heterocycles. The first-order chi connectivity index (χ1) is 11.1. The molecular formula is C17H22N4O2. The van der Waals surface area contributed by atoms with E-state index in [0.29, 0.717) is 12.2 Å². The highest BCUT2D eigenvalue weighted by molar-refractivity contribution is 5.94. The summed E-state index contributed by atoms with van der Waals surface area (Å²) < 4.78 is 1.46. The van der Waals surface area contributed by atoms with E-state index in [4.69, 9.17) is 0 Å². The van der Waals surface area contributed by atoms with Crippen LogP contribution in [0, 0.1) is 6.92 Å². The highest BCUT2D eigenvalue weighted by atomic mass is 16.2. The topological polar surface area (TPSA) is 66.7 Å². The molecule has 2 aromatic rings. The summed E-state index contributed by atoms with van der Waals surface area (Å²) in [5.41, 5.74) is 1.36. The third kappa shape index (κ3) is 2.99. The van der Waals surface area contributed by atoms with Crippen molar-refractivity contribution in [2.75, 3.05) is 19.6 Å². The van der Waals surface area contributed by atoms with Gasteiger partial charge in [0.05, 0.1) is 0 Å². The Labute approximate surface area is 135 Å². The van der Waals surface area contributed by atoms with Gasteiger partial charge in [0.2, 0.25) is 0 Å². The summed E-state index contributed by atoms with van der Waals surface area (Å²) in [6.07, 6.45) is 4.93. The van der Waals surface area contributed by atoms with Crippen molar-refractivity contribution in [1.82, 2.24) is 19.6 Å². The first kappa shape index (κ1) is 15.7. The summed E-state index contributed by atoms with van der Waals surface area (Å²) in [5.74, 6) is -0.214. The van der Waals surface area contributed by atoms with Gasteiger partial charge in [0, 0.05) is 31.5 Å². The number of carbonyl (C=O) groups is 1. The molecule has 3 rings (SSSR count). The van der Waals surface area contributed by atoms with Crippen molar-refractivity contribution in [2.24, 2.45) is 0 Å². The lowest BCUT2D eigenvalue weighted by molar-refractivity contribution is 0.0690. The van der Waals surface area contributed by atoms with E-state index in [0.717, 1.165) is 31.5 Å². The molecule has 1 amide bonds. The lowest BCUT2D eigenvalue weighted by Gasteiger charge is -2.28. The van der Waals surface area contributed by atoms with Crippen molar-refractivity contribution in [1.29, 1.82) is 0 Å². The second-order valence-corrected chi connectivity index (χ2v) is 6.06. The second kappa shape index (κ2) is 6.50. The van der Waals surface area contributed by atoms with Crippen LogP contribution in [0.2, 0.25) is 0 Å². The number of hydrogen-bond acceptors (Lipinski definition) is 4. The maximum Gasteiger partial charge on any atom is 0.270 e. The Morgan fingerprint density at radius 1 is 1.48 bits per heavy atom. The third-order valence-corrected chi connectivity index (χ3v) is 4.28. The van der Waals surface area contributed by atoms with Crippen LogP contribution in [0.1, 0.15) is 35.7 Å². The van der Waals surface area contributed by atoms with Gasteiger partial charge in [-0.1, -0.05) is 13.0 Å². The van der Waals surface area contributed by atoms with E-state index in [9.17, 15) is 9.59 Å². The van der Waals surface area contributed by atoms with Crippen LogP contribution in [-0.2, 0) is 0 Å². The number of fused-ring (bicyclic) bond motifs is 1. The minimum absolute atomic E-state index is 0.147. The molecule has 6 nitrogen and oxygen atoms in total. The summed E-state index contributed by atoms with van der Waals surface area (Å²) in [6.45, 7) is 6.30. The number of nitrogens with one attached hydrogen (secondary N) is 1. The third-order valence-electron chi connectivity index (χ3n) is 4.28. The average molecular weight is 314 g/mol. The molecule has 0 radical (unpaired) electrons. The van der Waals surface area contributed by atoms with Crippen LogP contribution in [0.3, 0.4) is 0 Å². The molecule has 0 bridgehead atoms. The molecular weight excluding hydrogens is 292 g/mol.